The highest BCUT2D eigenvalue weighted by Crippen LogP contribution is 2.18. The lowest BCUT2D eigenvalue weighted by Crippen LogP contribution is -2.32. The molecule has 25 heavy (non-hydrogen) atoms. The number of hydrogen-bond acceptors (Lipinski definition) is 4. The summed E-state index contributed by atoms with van der Waals surface area (Å²) < 4.78 is 0. The van der Waals surface area contributed by atoms with E-state index in [-0.39, 0.29) is 28.6 Å². The fraction of sp³-hybridized carbons (Fsp3) is 0.421. The number of carbonyl (C=O) groups excluding carboxylic acids is 1. The van der Waals surface area contributed by atoms with Crippen LogP contribution < -0.4 is 11.1 Å². The molecule has 0 aliphatic rings. The van der Waals surface area contributed by atoms with Crippen LogP contribution in [0.4, 0.5) is 0 Å². The zero-order valence-corrected chi connectivity index (χ0v) is 15.8. The third kappa shape index (κ3) is 5.00. The van der Waals surface area contributed by atoms with E-state index in [9.17, 15) is 4.79 Å². The van der Waals surface area contributed by atoms with Crippen LogP contribution in [0, 0.1) is 0 Å². The van der Waals surface area contributed by atoms with Crippen molar-refractivity contribution in [2.24, 2.45) is 5.73 Å². The zero-order chi connectivity index (χ0) is 18.6. The summed E-state index contributed by atoms with van der Waals surface area (Å²) in [5.74, 6) is 0.831. The maximum absolute atomic E-state index is 12.4. The van der Waals surface area contributed by atoms with Crippen molar-refractivity contribution in [3.63, 3.8) is 0 Å². The van der Waals surface area contributed by atoms with Crippen LogP contribution in [0.2, 0.25) is 5.02 Å². The van der Waals surface area contributed by atoms with Gasteiger partial charge in [-0.25, -0.2) is 9.97 Å². The summed E-state index contributed by atoms with van der Waals surface area (Å²) in [5, 5.41) is 3.04. The maximum atomic E-state index is 12.4. The van der Waals surface area contributed by atoms with Crippen LogP contribution in [0.25, 0.3) is 0 Å². The van der Waals surface area contributed by atoms with Crippen LogP contribution in [0.15, 0.2) is 30.5 Å². The predicted octanol–water partition coefficient (Wildman–Crippen LogP) is 3.81. The fourth-order valence-electron chi connectivity index (χ4n) is 2.35. The molecule has 0 bridgehead atoms. The van der Waals surface area contributed by atoms with Crippen molar-refractivity contribution >= 4 is 17.5 Å². The molecule has 1 heterocycles. The molecule has 6 heteroatoms. The van der Waals surface area contributed by atoms with E-state index in [0.717, 1.165) is 5.56 Å². The Balaban J connectivity index is 2.03. The fourth-order valence-corrected chi connectivity index (χ4v) is 2.53. The topological polar surface area (TPSA) is 80.9 Å². The van der Waals surface area contributed by atoms with Gasteiger partial charge in [0, 0.05) is 18.5 Å². The number of aromatic nitrogens is 2. The number of carbonyl (C=O) groups is 1. The number of nitrogens with zero attached hydrogens (tertiary/aromatic N) is 2. The molecule has 1 aromatic carbocycles. The van der Waals surface area contributed by atoms with Gasteiger partial charge in [-0.05, 0) is 17.0 Å². The summed E-state index contributed by atoms with van der Waals surface area (Å²) >= 11 is 6.06. The second kappa shape index (κ2) is 8.41. The Hall–Kier alpha value is -1.98. The summed E-state index contributed by atoms with van der Waals surface area (Å²) in [6.07, 6.45) is 1.46. The largest absolute Gasteiger partial charge is 0.349 e. The van der Waals surface area contributed by atoms with E-state index >= 15 is 0 Å². The minimum absolute atomic E-state index is 0.116. The summed E-state index contributed by atoms with van der Waals surface area (Å²) in [7, 11) is 0. The Bertz CT molecular complexity index is 729. The quantitative estimate of drug-likeness (QED) is 0.820. The number of nitrogens with one attached hydrogen (secondary N) is 1. The summed E-state index contributed by atoms with van der Waals surface area (Å²) in [6.45, 7) is 8.51. The lowest BCUT2D eigenvalue weighted by atomic mass is 9.99. The van der Waals surface area contributed by atoms with E-state index < -0.39 is 0 Å². The van der Waals surface area contributed by atoms with Gasteiger partial charge in [-0.2, -0.15) is 0 Å². The molecule has 0 aliphatic carbocycles. The first-order valence-corrected chi connectivity index (χ1v) is 8.83. The number of nitrogens with two attached hydrogens (primary N) is 1. The molecule has 0 radical (unpaired) electrons. The molecule has 1 atom stereocenters. The van der Waals surface area contributed by atoms with E-state index in [1.54, 1.807) is 0 Å². The van der Waals surface area contributed by atoms with Crippen LogP contribution in [0.5, 0.6) is 0 Å². The van der Waals surface area contributed by atoms with Crippen LogP contribution in [0.1, 0.15) is 73.0 Å². The minimum Gasteiger partial charge on any atom is -0.349 e. The van der Waals surface area contributed by atoms with Gasteiger partial charge in [0.1, 0.15) is 11.5 Å². The SMILES string of the molecule is CC(C)c1ccc(C(N)CNC(=O)c2nc(C(C)C)ncc2Cl)cc1. The lowest BCUT2D eigenvalue weighted by molar-refractivity contribution is 0.0946. The lowest BCUT2D eigenvalue weighted by Gasteiger charge is -2.15. The molecule has 134 valence electrons. The molecular formula is C19H25ClN4O. The van der Waals surface area contributed by atoms with Crippen LogP contribution >= 0.6 is 11.6 Å². The van der Waals surface area contributed by atoms with Crippen molar-refractivity contribution < 1.29 is 4.79 Å². The standard InChI is InChI=1S/C19H25ClN4O/c1-11(2)13-5-7-14(8-6-13)16(21)10-23-19(25)17-15(20)9-22-18(24-17)12(3)4/h5-9,11-12,16H,10,21H2,1-4H3,(H,23,25). The Kier molecular flexibility index (Phi) is 6.51. The molecule has 0 aliphatic heterocycles. The van der Waals surface area contributed by atoms with E-state index in [1.807, 2.05) is 26.0 Å². The van der Waals surface area contributed by atoms with Crippen LogP contribution in [0.3, 0.4) is 0 Å². The molecule has 5 nitrogen and oxygen atoms in total. The number of amides is 1. The molecule has 2 rings (SSSR count). The van der Waals surface area contributed by atoms with Crippen molar-refractivity contribution in [1.29, 1.82) is 0 Å². The average Bonchev–Trinajstić information content (AvgIpc) is 2.59. The highest BCUT2D eigenvalue weighted by Gasteiger charge is 2.16. The second-order valence-corrected chi connectivity index (χ2v) is 7.12. The molecule has 1 unspecified atom stereocenters. The second-order valence-electron chi connectivity index (χ2n) is 6.72. The minimum atomic E-state index is -0.344. The van der Waals surface area contributed by atoms with Gasteiger partial charge in [-0.15, -0.1) is 0 Å². The van der Waals surface area contributed by atoms with Crippen molar-refractivity contribution in [2.75, 3.05) is 6.54 Å². The molecule has 0 spiro atoms. The molecule has 0 saturated heterocycles. The number of rotatable bonds is 6. The van der Waals surface area contributed by atoms with Gasteiger partial charge < -0.3 is 11.1 Å². The van der Waals surface area contributed by atoms with Crippen molar-refractivity contribution in [2.45, 2.75) is 45.6 Å². The first-order chi connectivity index (χ1) is 11.8. The number of halogens is 1. The van der Waals surface area contributed by atoms with Gasteiger partial charge in [-0.1, -0.05) is 63.6 Å². The Morgan fingerprint density at radius 2 is 1.72 bits per heavy atom. The zero-order valence-electron chi connectivity index (χ0n) is 15.1. The molecule has 1 amide bonds. The highest BCUT2D eigenvalue weighted by molar-refractivity contribution is 6.33. The normalized spacial score (nSPS) is 12.5. The third-order valence-corrected chi connectivity index (χ3v) is 4.28. The molecular weight excluding hydrogens is 336 g/mol. The molecule has 0 saturated carbocycles. The van der Waals surface area contributed by atoms with Crippen LogP contribution in [-0.2, 0) is 0 Å². The molecule has 3 N–H and O–H groups in total. The van der Waals surface area contributed by atoms with Gasteiger partial charge in [0.05, 0.1) is 11.2 Å². The Morgan fingerprint density at radius 3 is 2.28 bits per heavy atom. The number of benzene rings is 1. The first kappa shape index (κ1) is 19.3. The predicted molar refractivity (Wildman–Crippen MR) is 101 cm³/mol. The van der Waals surface area contributed by atoms with Gasteiger partial charge in [0.25, 0.3) is 5.91 Å². The Morgan fingerprint density at radius 1 is 1.12 bits per heavy atom. The van der Waals surface area contributed by atoms with E-state index in [0.29, 0.717) is 18.3 Å². The number of hydrogen-bond donors (Lipinski definition) is 2. The first-order valence-electron chi connectivity index (χ1n) is 8.45. The monoisotopic (exact) mass is 360 g/mol. The Labute approximate surface area is 154 Å². The van der Waals surface area contributed by atoms with Crippen molar-refractivity contribution in [3.8, 4) is 0 Å². The average molecular weight is 361 g/mol. The summed E-state index contributed by atoms with van der Waals surface area (Å²) in [5.41, 5.74) is 8.60. The summed E-state index contributed by atoms with van der Waals surface area (Å²) in [4.78, 5) is 20.8. The third-order valence-electron chi connectivity index (χ3n) is 4.01. The molecule has 2 aromatic rings. The van der Waals surface area contributed by atoms with Gasteiger partial charge in [-0.3, -0.25) is 4.79 Å². The van der Waals surface area contributed by atoms with Gasteiger partial charge in [0.2, 0.25) is 0 Å². The maximum Gasteiger partial charge on any atom is 0.271 e. The van der Waals surface area contributed by atoms with E-state index in [4.69, 9.17) is 17.3 Å². The van der Waals surface area contributed by atoms with Crippen LogP contribution in [-0.4, -0.2) is 22.4 Å². The summed E-state index contributed by atoms with van der Waals surface area (Å²) in [6, 6.07) is 7.84. The van der Waals surface area contributed by atoms with E-state index in [2.05, 4.69) is 41.3 Å². The van der Waals surface area contributed by atoms with Crippen molar-refractivity contribution in [1.82, 2.24) is 15.3 Å². The van der Waals surface area contributed by atoms with Gasteiger partial charge >= 0.3 is 0 Å². The molecule has 1 aromatic heterocycles. The smallest absolute Gasteiger partial charge is 0.271 e. The van der Waals surface area contributed by atoms with Gasteiger partial charge in [0.15, 0.2) is 0 Å². The van der Waals surface area contributed by atoms with Crippen molar-refractivity contribution in [3.05, 3.63) is 58.1 Å². The highest BCUT2D eigenvalue weighted by atomic mass is 35.5. The van der Waals surface area contributed by atoms with E-state index in [1.165, 1.54) is 11.8 Å². The molecule has 0 fully saturated rings.